The highest BCUT2D eigenvalue weighted by molar-refractivity contribution is 5.94. The van der Waals surface area contributed by atoms with Gasteiger partial charge in [0.2, 0.25) is 0 Å². The Morgan fingerprint density at radius 2 is 1.94 bits per heavy atom. The van der Waals surface area contributed by atoms with Crippen molar-refractivity contribution in [2.45, 2.75) is 24.9 Å². The smallest absolute Gasteiger partial charge is 0.251 e. The largest absolute Gasteiger partial charge is 0.382 e. The number of hydrogen-bond acceptors (Lipinski definition) is 3. The van der Waals surface area contributed by atoms with Gasteiger partial charge in [-0.1, -0.05) is 0 Å². The molecule has 0 saturated heterocycles. The summed E-state index contributed by atoms with van der Waals surface area (Å²) >= 11 is 0. The minimum atomic E-state index is -0.0581. The van der Waals surface area contributed by atoms with Crippen LogP contribution in [0.3, 0.4) is 0 Å². The molecule has 0 atom stereocenters. The van der Waals surface area contributed by atoms with Gasteiger partial charge in [0.1, 0.15) is 0 Å². The molecule has 4 N–H and O–H groups in total. The lowest BCUT2D eigenvalue weighted by Crippen LogP contribution is -2.44. The zero-order chi connectivity index (χ0) is 11.5. The van der Waals surface area contributed by atoms with Crippen LogP contribution in [0, 0.1) is 0 Å². The van der Waals surface area contributed by atoms with Crippen LogP contribution in [0.4, 0.5) is 5.69 Å². The molecular formula is C12H17N3O. The topological polar surface area (TPSA) is 67.2 Å². The maximum Gasteiger partial charge on any atom is 0.251 e. The third-order valence-corrected chi connectivity index (χ3v) is 2.92. The van der Waals surface area contributed by atoms with Crippen LogP contribution in [-0.2, 0) is 0 Å². The van der Waals surface area contributed by atoms with Gasteiger partial charge in [-0.25, -0.2) is 0 Å². The van der Waals surface area contributed by atoms with Crippen LogP contribution < -0.4 is 16.4 Å². The molecule has 0 aromatic heterocycles. The number of anilines is 1. The van der Waals surface area contributed by atoms with E-state index in [9.17, 15) is 4.79 Å². The van der Waals surface area contributed by atoms with E-state index in [2.05, 4.69) is 10.6 Å². The molecule has 4 heteroatoms. The van der Waals surface area contributed by atoms with Gasteiger partial charge in [-0.05, 0) is 37.1 Å². The molecule has 0 heterocycles. The lowest BCUT2D eigenvalue weighted by Gasteiger charge is -2.33. The Bertz CT molecular complexity index is 368. The van der Waals surface area contributed by atoms with Crippen molar-refractivity contribution in [2.75, 3.05) is 12.4 Å². The summed E-state index contributed by atoms with van der Waals surface area (Å²) in [5, 5.41) is 5.97. The number of carbonyl (C=O) groups is 1. The van der Waals surface area contributed by atoms with Gasteiger partial charge in [0.25, 0.3) is 5.91 Å². The van der Waals surface area contributed by atoms with E-state index in [1.165, 1.54) is 0 Å². The zero-order valence-electron chi connectivity index (χ0n) is 9.36. The fourth-order valence-electron chi connectivity index (χ4n) is 1.88. The van der Waals surface area contributed by atoms with E-state index in [0.29, 0.717) is 17.6 Å². The SMILES string of the molecule is CNC(=O)c1ccc(NC2CC(N)C2)cc1. The van der Waals surface area contributed by atoms with E-state index in [-0.39, 0.29) is 5.91 Å². The van der Waals surface area contributed by atoms with Gasteiger partial charge in [0.15, 0.2) is 0 Å². The highest BCUT2D eigenvalue weighted by Crippen LogP contribution is 2.22. The second-order valence-electron chi connectivity index (χ2n) is 4.23. The van der Waals surface area contributed by atoms with Crippen molar-refractivity contribution in [3.63, 3.8) is 0 Å². The van der Waals surface area contributed by atoms with Crippen LogP contribution in [0.1, 0.15) is 23.2 Å². The summed E-state index contributed by atoms with van der Waals surface area (Å²) in [7, 11) is 1.63. The van der Waals surface area contributed by atoms with Crippen molar-refractivity contribution < 1.29 is 4.79 Å². The summed E-state index contributed by atoms with van der Waals surface area (Å²) in [5.74, 6) is -0.0581. The molecule has 16 heavy (non-hydrogen) atoms. The molecule has 1 amide bonds. The molecule has 1 saturated carbocycles. The van der Waals surface area contributed by atoms with Crippen molar-refractivity contribution >= 4 is 11.6 Å². The van der Waals surface area contributed by atoms with E-state index in [1.54, 1.807) is 7.05 Å². The highest BCUT2D eigenvalue weighted by atomic mass is 16.1. The fraction of sp³-hybridized carbons (Fsp3) is 0.417. The van der Waals surface area contributed by atoms with Gasteiger partial charge in [0, 0.05) is 30.4 Å². The first-order chi connectivity index (χ1) is 7.69. The van der Waals surface area contributed by atoms with E-state index < -0.39 is 0 Å². The van der Waals surface area contributed by atoms with E-state index in [0.717, 1.165) is 18.5 Å². The Morgan fingerprint density at radius 1 is 1.31 bits per heavy atom. The number of amides is 1. The maximum atomic E-state index is 11.3. The van der Waals surface area contributed by atoms with E-state index in [4.69, 9.17) is 5.73 Å². The summed E-state index contributed by atoms with van der Waals surface area (Å²) in [6.45, 7) is 0. The predicted molar refractivity (Wildman–Crippen MR) is 64.5 cm³/mol. The molecule has 0 bridgehead atoms. The molecule has 1 aromatic rings. The third-order valence-electron chi connectivity index (χ3n) is 2.92. The summed E-state index contributed by atoms with van der Waals surface area (Å²) < 4.78 is 0. The summed E-state index contributed by atoms with van der Waals surface area (Å²) in [6.07, 6.45) is 2.05. The van der Waals surface area contributed by atoms with Crippen LogP contribution >= 0.6 is 0 Å². The normalized spacial score (nSPS) is 23.4. The second-order valence-corrected chi connectivity index (χ2v) is 4.23. The molecule has 0 radical (unpaired) electrons. The number of nitrogens with two attached hydrogens (primary N) is 1. The summed E-state index contributed by atoms with van der Waals surface area (Å²) in [4.78, 5) is 11.3. The minimum Gasteiger partial charge on any atom is -0.382 e. The number of nitrogens with one attached hydrogen (secondary N) is 2. The Kier molecular flexibility index (Phi) is 3.10. The molecule has 1 aliphatic rings. The standard InChI is InChI=1S/C12H17N3O/c1-14-12(16)8-2-4-10(5-3-8)15-11-6-9(13)7-11/h2-5,9,11,15H,6-7,13H2,1H3,(H,14,16). The molecule has 4 nitrogen and oxygen atoms in total. The number of carbonyl (C=O) groups excluding carboxylic acids is 1. The number of hydrogen-bond donors (Lipinski definition) is 3. The lowest BCUT2D eigenvalue weighted by atomic mass is 9.87. The number of rotatable bonds is 3. The predicted octanol–water partition coefficient (Wildman–Crippen LogP) is 0.948. The van der Waals surface area contributed by atoms with Gasteiger partial charge in [-0.15, -0.1) is 0 Å². The van der Waals surface area contributed by atoms with Gasteiger partial charge in [-0.2, -0.15) is 0 Å². The second kappa shape index (κ2) is 4.53. The molecule has 0 unspecified atom stereocenters. The van der Waals surface area contributed by atoms with Crippen LogP contribution in [-0.4, -0.2) is 25.0 Å². The van der Waals surface area contributed by atoms with Crippen molar-refractivity contribution in [3.8, 4) is 0 Å². The van der Waals surface area contributed by atoms with Gasteiger partial charge >= 0.3 is 0 Å². The van der Waals surface area contributed by atoms with Gasteiger partial charge in [0.05, 0.1) is 0 Å². The molecule has 1 fully saturated rings. The zero-order valence-corrected chi connectivity index (χ0v) is 9.36. The van der Waals surface area contributed by atoms with E-state index in [1.807, 2.05) is 24.3 Å². The summed E-state index contributed by atoms with van der Waals surface area (Å²) in [6, 6.07) is 8.33. The maximum absolute atomic E-state index is 11.3. The van der Waals surface area contributed by atoms with Gasteiger partial charge < -0.3 is 16.4 Å². The molecule has 1 aromatic carbocycles. The van der Waals surface area contributed by atoms with Crippen molar-refractivity contribution in [2.24, 2.45) is 5.73 Å². The lowest BCUT2D eigenvalue weighted by molar-refractivity contribution is 0.0963. The first kappa shape index (κ1) is 11.0. The van der Waals surface area contributed by atoms with E-state index >= 15 is 0 Å². The first-order valence-corrected chi connectivity index (χ1v) is 5.53. The fourth-order valence-corrected chi connectivity index (χ4v) is 1.88. The van der Waals surface area contributed by atoms with Crippen molar-refractivity contribution in [1.29, 1.82) is 0 Å². The number of benzene rings is 1. The Balaban J connectivity index is 1.94. The third kappa shape index (κ3) is 2.33. The average molecular weight is 219 g/mol. The van der Waals surface area contributed by atoms with Crippen LogP contribution in [0.2, 0.25) is 0 Å². The average Bonchev–Trinajstić information content (AvgIpc) is 2.27. The Hall–Kier alpha value is -1.55. The van der Waals surface area contributed by atoms with Crippen LogP contribution in [0.15, 0.2) is 24.3 Å². The monoisotopic (exact) mass is 219 g/mol. The van der Waals surface area contributed by atoms with Crippen LogP contribution in [0.25, 0.3) is 0 Å². The minimum absolute atomic E-state index is 0.0581. The highest BCUT2D eigenvalue weighted by Gasteiger charge is 2.25. The molecule has 0 spiro atoms. The molecule has 86 valence electrons. The quantitative estimate of drug-likeness (QED) is 0.709. The Labute approximate surface area is 95.2 Å². The molecular weight excluding hydrogens is 202 g/mol. The van der Waals surface area contributed by atoms with Gasteiger partial charge in [-0.3, -0.25) is 4.79 Å². The summed E-state index contributed by atoms with van der Waals surface area (Å²) in [5.41, 5.74) is 7.44. The van der Waals surface area contributed by atoms with Crippen molar-refractivity contribution in [3.05, 3.63) is 29.8 Å². The Morgan fingerprint density at radius 3 is 2.44 bits per heavy atom. The first-order valence-electron chi connectivity index (χ1n) is 5.53. The molecule has 2 rings (SSSR count). The van der Waals surface area contributed by atoms with Crippen LogP contribution in [0.5, 0.6) is 0 Å². The molecule has 1 aliphatic carbocycles. The van der Waals surface area contributed by atoms with Crippen molar-refractivity contribution in [1.82, 2.24) is 5.32 Å². The molecule has 0 aliphatic heterocycles.